The van der Waals surface area contributed by atoms with Gasteiger partial charge in [-0.2, -0.15) is 5.10 Å². The zero-order valence-electron chi connectivity index (χ0n) is 9.09. The predicted octanol–water partition coefficient (Wildman–Crippen LogP) is 1.94. The highest BCUT2D eigenvalue weighted by Gasteiger charge is 2.61. The molecule has 0 saturated heterocycles. The van der Waals surface area contributed by atoms with E-state index < -0.39 is 12.0 Å². The third kappa shape index (κ3) is 1.37. The maximum atomic E-state index is 12.7. The Kier molecular flexibility index (Phi) is 1.96. The quantitative estimate of drug-likeness (QED) is 0.819. The molecule has 0 amide bonds. The summed E-state index contributed by atoms with van der Waals surface area (Å²) in [6, 6.07) is 0. The Morgan fingerprint density at radius 1 is 1.53 bits per heavy atom. The van der Waals surface area contributed by atoms with E-state index in [1.807, 2.05) is 13.8 Å². The van der Waals surface area contributed by atoms with Crippen molar-refractivity contribution in [1.82, 2.24) is 9.78 Å². The third-order valence-electron chi connectivity index (χ3n) is 3.35. The highest BCUT2D eigenvalue weighted by atomic mass is 19.3. The Morgan fingerprint density at radius 3 is 2.47 bits per heavy atom. The Balaban J connectivity index is 2.46. The van der Waals surface area contributed by atoms with Gasteiger partial charge in [-0.25, -0.2) is 8.78 Å². The van der Waals surface area contributed by atoms with Gasteiger partial charge in [-0.05, 0) is 11.8 Å². The van der Waals surface area contributed by atoms with E-state index in [-0.39, 0.29) is 11.1 Å². The lowest BCUT2D eigenvalue weighted by molar-refractivity contribution is 0.143. The van der Waals surface area contributed by atoms with Crippen LogP contribution in [0.3, 0.4) is 0 Å². The molecule has 0 radical (unpaired) electrons. The summed E-state index contributed by atoms with van der Waals surface area (Å²) in [5.74, 6) is 0. The predicted molar refractivity (Wildman–Crippen MR) is 52.4 cm³/mol. The summed E-state index contributed by atoms with van der Waals surface area (Å²) < 4.78 is 26.8. The van der Waals surface area contributed by atoms with Gasteiger partial charge < -0.3 is 5.73 Å². The molecule has 1 aliphatic carbocycles. The molecule has 1 aliphatic rings. The Morgan fingerprint density at radius 2 is 2.07 bits per heavy atom. The highest BCUT2D eigenvalue weighted by molar-refractivity contribution is 5.37. The fourth-order valence-electron chi connectivity index (χ4n) is 2.12. The van der Waals surface area contributed by atoms with Gasteiger partial charge in [0.2, 0.25) is 0 Å². The van der Waals surface area contributed by atoms with Crippen LogP contribution in [0, 0.1) is 5.41 Å². The fraction of sp³-hybridized carbons (Fsp3) is 0.700. The van der Waals surface area contributed by atoms with Crippen LogP contribution < -0.4 is 5.73 Å². The lowest BCUT2D eigenvalue weighted by atomic mass is 9.97. The molecule has 5 heteroatoms. The molecule has 1 atom stereocenters. The molecule has 3 nitrogen and oxygen atoms in total. The second-order valence-corrected chi connectivity index (χ2v) is 4.93. The van der Waals surface area contributed by atoms with E-state index in [1.165, 1.54) is 4.68 Å². The zero-order valence-corrected chi connectivity index (χ0v) is 9.09. The van der Waals surface area contributed by atoms with Crippen molar-refractivity contribution in [3.63, 3.8) is 0 Å². The first-order valence-corrected chi connectivity index (χ1v) is 4.89. The molecule has 1 heterocycles. The van der Waals surface area contributed by atoms with Crippen molar-refractivity contribution in [1.29, 1.82) is 0 Å². The maximum absolute atomic E-state index is 12.7. The second kappa shape index (κ2) is 2.78. The van der Waals surface area contributed by atoms with Crippen LogP contribution in [0.15, 0.2) is 6.20 Å². The summed E-state index contributed by atoms with van der Waals surface area (Å²) in [5.41, 5.74) is 5.68. The van der Waals surface area contributed by atoms with Crippen LogP contribution in [0.2, 0.25) is 0 Å². The van der Waals surface area contributed by atoms with E-state index in [2.05, 4.69) is 5.10 Å². The largest absolute Gasteiger partial charge is 0.321 e. The second-order valence-electron chi connectivity index (χ2n) is 4.93. The SMILES string of the molecule is Cn1cc(C2(N)CC2(C)C)c(C(F)F)n1. The molecule has 2 rings (SSSR count). The first-order valence-electron chi connectivity index (χ1n) is 4.89. The first-order chi connectivity index (χ1) is 6.78. The fourth-order valence-corrected chi connectivity index (χ4v) is 2.12. The van der Waals surface area contributed by atoms with Crippen LogP contribution >= 0.6 is 0 Å². The van der Waals surface area contributed by atoms with Crippen molar-refractivity contribution in [3.05, 3.63) is 17.5 Å². The minimum absolute atomic E-state index is 0.111. The molecular weight excluding hydrogens is 200 g/mol. The summed E-state index contributed by atoms with van der Waals surface area (Å²) in [4.78, 5) is 0. The number of nitrogens with zero attached hydrogens (tertiary/aromatic N) is 2. The number of hydrogen-bond acceptors (Lipinski definition) is 2. The smallest absolute Gasteiger partial charge is 0.282 e. The highest BCUT2D eigenvalue weighted by Crippen LogP contribution is 2.61. The van der Waals surface area contributed by atoms with Crippen molar-refractivity contribution in [3.8, 4) is 0 Å². The molecule has 1 unspecified atom stereocenters. The standard InChI is InChI=1S/C10H15F2N3/c1-9(2)5-10(9,13)6-4-15(3)14-7(6)8(11)12/h4,8H,5,13H2,1-3H3. The first kappa shape index (κ1) is 10.5. The van der Waals surface area contributed by atoms with E-state index in [4.69, 9.17) is 5.73 Å². The Bertz CT molecular complexity index is 397. The average Bonchev–Trinajstić information content (AvgIpc) is 2.46. The molecule has 0 aromatic carbocycles. The topological polar surface area (TPSA) is 43.8 Å². The molecule has 2 N–H and O–H groups in total. The number of alkyl halides is 2. The molecular formula is C10H15F2N3. The van der Waals surface area contributed by atoms with Crippen LogP contribution in [0.25, 0.3) is 0 Å². The molecule has 84 valence electrons. The van der Waals surface area contributed by atoms with Gasteiger partial charge in [0.05, 0.1) is 5.54 Å². The van der Waals surface area contributed by atoms with E-state index in [0.29, 0.717) is 5.56 Å². The van der Waals surface area contributed by atoms with Crippen molar-refractivity contribution >= 4 is 0 Å². The van der Waals surface area contributed by atoms with Gasteiger partial charge in [0, 0.05) is 18.8 Å². The number of aryl methyl sites for hydroxylation is 1. The van der Waals surface area contributed by atoms with Crippen molar-refractivity contribution in [2.75, 3.05) is 0 Å². The molecule has 1 fully saturated rings. The van der Waals surface area contributed by atoms with Crippen LogP contribution in [0.5, 0.6) is 0 Å². The number of aromatic nitrogens is 2. The molecule has 1 aromatic heterocycles. The number of hydrogen-bond donors (Lipinski definition) is 1. The lowest BCUT2D eigenvalue weighted by Crippen LogP contribution is -2.26. The zero-order chi connectivity index (χ0) is 11.4. The summed E-state index contributed by atoms with van der Waals surface area (Å²) in [6.07, 6.45) is -0.222. The van der Waals surface area contributed by atoms with Gasteiger partial charge in [0.25, 0.3) is 6.43 Å². The number of rotatable bonds is 2. The monoisotopic (exact) mass is 215 g/mol. The van der Waals surface area contributed by atoms with Gasteiger partial charge >= 0.3 is 0 Å². The minimum atomic E-state index is -2.56. The van der Waals surface area contributed by atoms with Crippen LogP contribution in [0.1, 0.15) is 38.0 Å². The molecule has 1 aromatic rings. The van der Waals surface area contributed by atoms with Crippen molar-refractivity contribution in [2.45, 2.75) is 32.2 Å². The molecule has 1 saturated carbocycles. The molecule has 15 heavy (non-hydrogen) atoms. The summed E-state index contributed by atoms with van der Waals surface area (Å²) >= 11 is 0. The van der Waals surface area contributed by atoms with Crippen LogP contribution in [-0.2, 0) is 12.6 Å². The van der Waals surface area contributed by atoms with E-state index >= 15 is 0 Å². The third-order valence-corrected chi connectivity index (χ3v) is 3.35. The summed E-state index contributed by atoms with van der Waals surface area (Å²) in [7, 11) is 1.63. The molecule has 0 spiro atoms. The molecule has 0 bridgehead atoms. The number of halogens is 2. The van der Waals surface area contributed by atoms with Gasteiger partial charge in [-0.3, -0.25) is 4.68 Å². The Hall–Kier alpha value is -0.970. The summed E-state index contributed by atoms with van der Waals surface area (Å²) in [5, 5.41) is 3.77. The van der Waals surface area contributed by atoms with Crippen LogP contribution in [0.4, 0.5) is 8.78 Å². The molecule has 0 aliphatic heterocycles. The summed E-state index contributed by atoms with van der Waals surface area (Å²) in [6.45, 7) is 3.96. The maximum Gasteiger partial charge on any atom is 0.282 e. The normalized spacial score (nSPS) is 28.5. The average molecular weight is 215 g/mol. The van der Waals surface area contributed by atoms with E-state index in [1.54, 1.807) is 13.2 Å². The Labute approximate surface area is 87.3 Å². The van der Waals surface area contributed by atoms with Gasteiger partial charge in [0.1, 0.15) is 5.69 Å². The van der Waals surface area contributed by atoms with Gasteiger partial charge in [0.15, 0.2) is 0 Å². The lowest BCUT2D eigenvalue weighted by Gasteiger charge is -2.14. The van der Waals surface area contributed by atoms with Crippen LogP contribution in [-0.4, -0.2) is 9.78 Å². The van der Waals surface area contributed by atoms with Gasteiger partial charge in [-0.15, -0.1) is 0 Å². The van der Waals surface area contributed by atoms with Crippen molar-refractivity contribution in [2.24, 2.45) is 18.2 Å². The van der Waals surface area contributed by atoms with E-state index in [9.17, 15) is 8.78 Å². The van der Waals surface area contributed by atoms with Crippen molar-refractivity contribution < 1.29 is 8.78 Å². The van der Waals surface area contributed by atoms with E-state index in [0.717, 1.165) is 6.42 Å². The minimum Gasteiger partial charge on any atom is -0.321 e. The number of nitrogens with two attached hydrogens (primary N) is 1. The van der Waals surface area contributed by atoms with Gasteiger partial charge in [-0.1, -0.05) is 13.8 Å².